The minimum absolute atomic E-state index is 0.281. The molecule has 1 aliphatic rings. The van der Waals surface area contributed by atoms with Crippen molar-refractivity contribution in [1.29, 1.82) is 0 Å². The third kappa shape index (κ3) is 4.14. The Morgan fingerprint density at radius 2 is 1.50 bits per heavy atom. The molecule has 0 unspecified atom stereocenters. The van der Waals surface area contributed by atoms with E-state index >= 15 is 0 Å². The van der Waals surface area contributed by atoms with Gasteiger partial charge in [0.05, 0.1) is 5.57 Å². The second-order valence-electron chi connectivity index (χ2n) is 7.25. The van der Waals surface area contributed by atoms with Crippen LogP contribution in [0.1, 0.15) is 16.7 Å². The van der Waals surface area contributed by atoms with Crippen molar-refractivity contribution in [2.75, 3.05) is 11.9 Å². The molecule has 0 fully saturated rings. The summed E-state index contributed by atoms with van der Waals surface area (Å²) in [7, 11) is 0. The molecule has 1 aliphatic heterocycles. The number of para-hydroxylation sites is 1. The molecule has 1 N–H and O–H groups in total. The van der Waals surface area contributed by atoms with E-state index in [0.29, 0.717) is 29.3 Å². The second-order valence-corrected chi connectivity index (χ2v) is 7.68. The maximum Gasteiger partial charge on any atom is 0.278 e. The molecule has 30 heavy (non-hydrogen) atoms. The van der Waals surface area contributed by atoms with E-state index in [4.69, 9.17) is 11.6 Å². The van der Waals surface area contributed by atoms with Crippen LogP contribution < -0.4 is 5.32 Å². The van der Waals surface area contributed by atoms with Gasteiger partial charge in [0.2, 0.25) is 0 Å². The van der Waals surface area contributed by atoms with Crippen LogP contribution in [0.5, 0.6) is 0 Å². The van der Waals surface area contributed by atoms with Crippen LogP contribution in [-0.2, 0) is 16.0 Å². The number of nitrogens with zero attached hydrogens (tertiary/aromatic N) is 1. The van der Waals surface area contributed by atoms with Crippen molar-refractivity contribution < 1.29 is 9.59 Å². The molecular formula is C25H21ClN2O2. The summed E-state index contributed by atoms with van der Waals surface area (Å²) in [6.07, 6.45) is 0.564. The van der Waals surface area contributed by atoms with Gasteiger partial charge in [0.25, 0.3) is 11.8 Å². The first-order valence-corrected chi connectivity index (χ1v) is 10.1. The molecule has 4 rings (SSSR count). The summed E-state index contributed by atoms with van der Waals surface area (Å²) in [5, 5.41) is 3.83. The van der Waals surface area contributed by atoms with E-state index in [2.05, 4.69) is 5.32 Å². The van der Waals surface area contributed by atoms with Crippen molar-refractivity contribution in [3.05, 3.63) is 106 Å². The Balaban J connectivity index is 1.64. The fraction of sp³-hybridized carbons (Fsp3) is 0.120. The van der Waals surface area contributed by atoms with E-state index in [1.807, 2.05) is 85.8 Å². The number of amides is 2. The molecule has 1 heterocycles. The Labute approximate surface area is 180 Å². The molecule has 0 bridgehead atoms. The molecule has 0 aromatic heterocycles. The molecule has 4 nitrogen and oxygen atoms in total. The molecule has 2 amide bonds. The first-order valence-electron chi connectivity index (χ1n) is 9.77. The standard InChI is InChI=1S/C25H21ClN2O2/c1-17-7-11-19(12-8-17)22-23(27-21-5-3-2-4-6-21)25(30)28(24(22)29)16-15-18-9-13-20(26)14-10-18/h2-14,27H,15-16H2,1H3. The number of benzene rings is 3. The number of carbonyl (C=O) groups excluding carboxylic acids is 2. The van der Waals surface area contributed by atoms with Gasteiger partial charge < -0.3 is 5.32 Å². The van der Waals surface area contributed by atoms with Crippen molar-refractivity contribution in [3.63, 3.8) is 0 Å². The number of anilines is 1. The minimum atomic E-state index is -0.312. The molecule has 3 aromatic rings. The minimum Gasteiger partial charge on any atom is -0.350 e. The van der Waals surface area contributed by atoms with Crippen molar-refractivity contribution >= 4 is 34.7 Å². The van der Waals surface area contributed by atoms with Crippen molar-refractivity contribution in [2.45, 2.75) is 13.3 Å². The van der Waals surface area contributed by atoms with Crippen LogP contribution in [0, 0.1) is 6.92 Å². The van der Waals surface area contributed by atoms with Crippen LogP contribution in [0.3, 0.4) is 0 Å². The number of aryl methyl sites for hydroxylation is 1. The lowest BCUT2D eigenvalue weighted by molar-refractivity contribution is -0.136. The smallest absolute Gasteiger partial charge is 0.278 e. The highest BCUT2D eigenvalue weighted by atomic mass is 35.5. The van der Waals surface area contributed by atoms with Crippen LogP contribution in [0.15, 0.2) is 84.6 Å². The highest BCUT2D eigenvalue weighted by Crippen LogP contribution is 2.30. The van der Waals surface area contributed by atoms with Crippen molar-refractivity contribution in [1.82, 2.24) is 4.90 Å². The van der Waals surface area contributed by atoms with E-state index in [0.717, 1.165) is 22.4 Å². The predicted octanol–water partition coefficient (Wildman–Crippen LogP) is 5.08. The molecule has 0 spiro atoms. The van der Waals surface area contributed by atoms with Crippen LogP contribution in [0.4, 0.5) is 5.69 Å². The molecule has 3 aromatic carbocycles. The zero-order valence-electron chi connectivity index (χ0n) is 16.6. The van der Waals surface area contributed by atoms with E-state index in [-0.39, 0.29) is 11.8 Å². The van der Waals surface area contributed by atoms with Crippen LogP contribution in [0.25, 0.3) is 5.57 Å². The highest BCUT2D eigenvalue weighted by Gasteiger charge is 2.38. The molecule has 0 radical (unpaired) electrons. The molecule has 5 heteroatoms. The van der Waals surface area contributed by atoms with E-state index in [1.165, 1.54) is 4.90 Å². The quantitative estimate of drug-likeness (QED) is 0.570. The van der Waals surface area contributed by atoms with Gasteiger partial charge in [-0.25, -0.2) is 0 Å². The number of hydrogen-bond donors (Lipinski definition) is 1. The summed E-state index contributed by atoms with van der Waals surface area (Å²) in [5.41, 5.74) is 4.31. The number of carbonyl (C=O) groups is 2. The average molecular weight is 417 g/mol. The topological polar surface area (TPSA) is 49.4 Å². The lowest BCUT2D eigenvalue weighted by Crippen LogP contribution is -2.34. The Bertz CT molecular complexity index is 1100. The number of halogens is 1. The third-order valence-electron chi connectivity index (χ3n) is 5.09. The fourth-order valence-corrected chi connectivity index (χ4v) is 3.57. The normalized spacial score (nSPS) is 13.9. The SMILES string of the molecule is Cc1ccc(C2=C(Nc3ccccc3)C(=O)N(CCc3ccc(Cl)cc3)C2=O)cc1. The van der Waals surface area contributed by atoms with Gasteiger partial charge in [0, 0.05) is 17.3 Å². The van der Waals surface area contributed by atoms with E-state index in [9.17, 15) is 9.59 Å². The van der Waals surface area contributed by atoms with Gasteiger partial charge in [-0.1, -0.05) is 71.8 Å². The maximum atomic E-state index is 13.3. The van der Waals surface area contributed by atoms with Gasteiger partial charge in [-0.3, -0.25) is 14.5 Å². The van der Waals surface area contributed by atoms with E-state index < -0.39 is 0 Å². The monoisotopic (exact) mass is 416 g/mol. The summed E-state index contributed by atoms with van der Waals surface area (Å²) in [4.78, 5) is 27.8. The number of rotatable bonds is 6. The van der Waals surface area contributed by atoms with Gasteiger partial charge in [-0.15, -0.1) is 0 Å². The highest BCUT2D eigenvalue weighted by molar-refractivity contribution is 6.36. The summed E-state index contributed by atoms with van der Waals surface area (Å²) >= 11 is 5.95. The predicted molar refractivity (Wildman–Crippen MR) is 120 cm³/mol. The van der Waals surface area contributed by atoms with Crippen LogP contribution >= 0.6 is 11.6 Å². The first kappa shape index (κ1) is 19.9. The molecule has 0 saturated heterocycles. The van der Waals surface area contributed by atoms with E-state index in [1.54, 1.807) is 0 Å². The Morgan fingerprint density at radius 1 is 0.833 bits per heavy atom. The van der Waals surface area contributed by atoms with Gasteiger partial charge >= 0.3 is 0 Å². The summed E-state index contributed by atoms with van der Waals surface area (Å²) < 4.78 is 0. The summed E-state index contributed by atoms with van der Waals surface area (Å²) in [5.74, 6) is -0.593. The largest absolute Gasteiger partial charge is 0.350 e. The maximum absolute atomic E-state index is 13.3. The van der Waals surface area contributed by atoms with Gasteiger partial charge in [-0.2, -0.15) is 0 Å². The molecule has 0 aliphatic carbocycles. The van der Waals surface area contributed by atoms with Crippen LogP contribution in [0.2, 0.25) is 5.02 Å². The van der Waals surface area contributed by atoms with Crippen molar-refractivity contribution in [2.24, 2.45) is 0 Å². The Hall–Kier alpha value is -3.37. The second kappa shape index (κ2) is 8.56. The van der Waals surface area contributed by atoms with Crippen molar-refractivity contribution in [3.8, 4) is 0 Å². The third-order valence-corrected chi connectivity index (χ3v) is 5.34. The molecule has 150 valence electrons. The Kier molecular flexibility index (Phi) is 5.68. The molecule has 0 atom stereocenters. The summed E-state index contributed by atoms with van der Waals surface area (Å²) in [6, 6.07) is 24.5. The molecule has 0 saturated carbocycles. The lowest BCUT2D eigenvalue weighted by Gasteiger charge is -2.15. The van der Waals surface area contributed by atoms with Crippen LogP contribution in [-0.4, -0.2) is 23.3 Å². The molecular weight excluding hydrogens is 396 g/mol. The number of hydrogen-bond acceptors (Lipinski definition) is 3. The average Bonchev–Trinajstić information content (AvgIpc) is 2.98. The zero-order chi connectivity index (χ0) is 21.1. The fourth-order valence-electron chi connectivity index (χ4n) is 3.44. The van der Waals surface area contributed by atoms with Gasteiger partial charge in [0.15, 0.2) is 0 Å². The Morgan fingerprint density at radius 3 is 2.17 bits per heavy atom. The van der Waals surface area contributed by atoms with Gasteiger partial charge in [0.1, 0.15) is 5.70 Å². The van der Waals surface area contributed by atoms with Gasteiger partial charge in [-0.05, 0) is 48.7 Å². The number of imide groups is 1. The first-order chi connectivity index (χ1) is 14.5. The lowest BCUT2D eigenvalue weighted by atomic mass is 10.0. The zero-order valence-corrected chi connectivity index (χ0v) is 17.3. The summed E-state index contributed by atoms with van der Waals surface area (Å²) in [6.45, 7) is 2.29. The number of nitrogens with one attached hydrogen (secondary N) is 1.